The van der Waals surface area contributed by atoms with Crippen molar-refractivity contribution in [2.45, 2.75) is 25.9 Å². The number of H-pyrrole nitrogens is 1. The van der Waals surface area contributed by atoms with Gasteiger partial charge >= 0.3 is 0 Å². The number of ether oxygens (including phenoxy) is 1. The summed E-state index contributed by atoms with van der Waals surface area (Å²) in [5, 5.41) is 22.5. The van der Waals surface area contributed by atoms with Crippen LogP contribution in [-0.2, 0) is 0 Å². The van der Waals surface area contributed by atoms with Crippen LogP contribution in [0.25, 0.3) is 27.7 Å². The molecule has 8 heteroatoms. The van der Waals surface area contributed by atoms with Crippen molar-refractivity contribution in [3.05, 3.63) is 36.8 Å². The highest BCUT2D eigenvalue weighted by Crippen LogP contribution is 2.33. The molecular formula is C20H22N6O2. The number of nitrogens with one attached hydrogen (secondary N) is 1. The fourth-order valence-corrected chi connectivity index (χ4v) is 3.90. The van der Waals surface area contributed by atoms with Gasteiger partial charge in [0.2, 0.25) is 0 Å². The molecule has 0 spiro atoms. The number of aromatic amines is 1. The predicted octanol–water partition coefficient (Wildman–Crippen LogP) is 2.63. The van der Waals surface area contributed by atoms with E-state index in [4.69, 9.17) is 4.74 Å². The van der Waals surface area contributed by atoms with Crippen molar-refractivity contribution in [1.29, 1.82) is 0 Å². The summed E-state index contributed by atoms with van der Waals surface area (Å²) in [4.78, 5) is 6.80. The summed E-state index contributed by atoms with van der Waals surface area (Å²) in [6.45, 7) is 4.10. The Morgan fingerprint density at radius 1 is 1.32 bits per heavy atom. The van der Waals surface area contributed by atoms with Crippen molar-refractivity contribution in [2.75, 3.05) is 24.6 Å². The molecule has 28 heavy (non-hydrogen) atoms. The number of fused-ring (bicyclic) bond motifs is 3. The molecular weight excluding hydrogens is 356 g/mol. The van der Waals surface area contributed by atoms with Gasteiger partial charge in [-0.15, -0.1) is 5.10 Å². The molecule has 1 fully saturated rings. The van der Waals surface area contributed by atoms with Gasteiger partial charge in [-0.05, 0) is 38.0 Å². The number of pyridine rings is 2. The lowest BCUT2D eigenvalue weighted by molar-refractivity contribution is 0.154. The van der Waals surface area contributed by atoms with Crippen LogP contribution in [0.2, 0.25) is 0 Å². The zero-order chi connectivity index (χ0) is 19.1. The van der Waals surface area contributed by atoms with Gasteiger partial charge in [-0.25, -0.2) is 9.50 Å². The van der Waals surface area contributed by atoms with Gasteiger partial charge in [-0.2, -0.15) is 5.10 Å². The number of β-amino-alcohol motifs (C(OH)–C–C–N with tert-alkyl or cyclic N) is 1. The quantitative estimate of drug-likeness (QED) is 0.567. The number of piperidine rings is 1. The Balaban J connectivity index is 1.59. The molecule has 4 aromatic heterocycles. The first kappa shape index (κ1) is 17.0. The van der Waals surface area contributed by atoms with Crippen LogP contribution in [0.3, 0.4) is 0 Å². The van der Waals surface area contributed by atoms with Crippen LogP contribution in [0.1, 0.15) is 19.8 Å². The number of nitrogens with zero attached hydrogens (tertiary/aromatic N) is 5. The average Bonchev–Trinajstić information content (AvgIpc) is 3.29. The third kappa shape index (κ3) is 2.86. The number of hydrogen-bond donors (Lipinski definition) is 2. The molecule has 4 aromatic rings. The topological polar surface area (TPSA) is 91.6 Å². The third-order valence-electron chi connectivity index (χ3n) is 5.19. The van der Waals surface area contributed by atoms with Gasteiger partial charge in [0.1, 0.15) is 11.6 Å². The number of hydrogen-bond acceptors (Lipinski definition) is 6. The van der Waals surface area contributed by atoms with Crippen LogP contribution < -0.4 is 9.64 Å². The van der Waals surface area contributed by atoms with Crippen LogP contribution in [0.15, 0.2) is 36.8 Å². The van der Waals surface area contributed by atoms with Crippen LogP contribution in [0, 0.1) is 0 Å². The van der Waals surface area contributed by atoms with Crippen molar-refractivity contribution >= 4 is 22.4 Å². The van der Waals surface area contributed by atoms with Gasteiger partial charge < -0.3 is 14.7 Å². The summed E-state index contributed by atoms with van der Waals surface area (Å²) in [5.74, 6) is 1.65. The molecule has 1 aliphatic rings. The SMILES string of the molecule is CCOc1cc(-c2ccc(N3CCC[C@@H](O)C3)nc2)c2c3cn[nH]c3nn2c1. The highest BCUT2D eigenvalue weighted by atomic mass is 16.5. The van der Waals surface area contributed by atoms with Crippen LogP contribution in [0.4, 0.5) is 5.82 Å². The monoisotopic (exact) mass is 378 g/mol. The lowest BCUT2D eigenvalue weighted by Gasteiger charge is -2.31. The number of aliphatic hydroxyl groups excluding tert-OH is 1. The normalized spacial score (nSPS) is 17.5. The van der Waals surface area contributed by atoms with Gasteiger partial charge in [0, 0.05) is 30.4 Å². The minimum atomic E-state index is -0.279. The summed E-state index contributed by atoms with van der Waals surface area (Å²) in [5.41, 5.74) is 3.68. The summed E-state index contributed by atoms with van der Waals surface area (Å²) < 4.78 is 7.57. The van der Waals surface area contributed by atoms with Crippen LogP contribution >= 0.6 is 0 Å². The van der Waals surface area contributed by atoms with Crippen LogP contribution in [0.5, 0.6) is 5.75 Å². The number of aliphatic hydroxyl groups is 1. The molecule has 0 aromatic carbocycles. The number of rotatable bonds is 4. The Kier molecular flexibility index (Phi) is 4.12. The molecule has 0 unspecified atom stereocenters. The van der Waals surface area contributed by atoms with E-state index >= 15 is 0 Å². The van der Waals surface area contributed by atoms with Crippen LogP contribution in [-0.4, -0.2) is 55.7 Å². The smallest absolute Gasteiger partial charge is 0.178 e. The average molecular weight is 378 g/mol. The lowest BCUT2D eigenvalue weighted by atomic mass is 10.1. The highest BCUT2D eigenvalue weighted by molar-refractivity contribution is 6.00. The minimum Gasteiger partial charge on any atom is -0.492 e. The fraction of sp³-hybridized carbons (Fsp3) is 0.350. The molecule has 1 saturated heterocycles. The van der Waals surface area contributed by atoms with E-state index in [2.05, 4.69) is 31.2 Å². The summed E-state index contributed by atoms with van der Waals surface area (Å²) in [7, 11) is 0. The second-order valence-corrected chi connectivity index (χ2v) is 7.10. The largest absolute Gasteiger partial charge is 0.492 e. The van der Waals surface area contributed by atoms with E-state index in [1.165, 1.54) is 0 Å². The van der Waals surface area contributed by atoms with Crippen molar-refractivity contribution in [2.24, 2.45) is 0 Å². The maximum absolute atomic E-state index is 9.93. The summed E-state index contributed by atoms with van der Waals surface area (Å²) >= 11 is 0. The Hall–Kier alpha value is -3.13. The van der Waals surface area contributed by atoms with Crippen molar-refractivity contribution in [3.63, 3.8) is 0 Å². The maximum atomic E-state index is 9.93. The molecule has 0 saturated carbocycles. The molecule has 0 aliphatic carbocycles. The first-order chi connectivity index (χ1) is 13.7. The Morgan fingerprint density at radius 2 is 2.25 bits per heavy atom. The standard InChI is InChI=1S/C20H22N6O2/c1-2-28-15-8-16(19-17-10-22-23-20(17)24-26(19)12-15)13-5-6-18(21-9-13)25-7-3-4-14(27)11-25/h5-6,8-10,12,14,27H,2-4,7,11H2,1H3,(H,23,24)/t14-/m1/s1. The molecule has 1 atom stereocenters. The molecule has 1 aliphatic heterocycles. The zero-order valence-electron chi connectivity index (χ0n) is 15.7. The van der Waals surface area contributed by atoms with E-state index in [1.54, 1.807) is 6.20 Å². The van der Waals surface area contributed by atoms with Gasteiger partial charge in [0.15, 0.2) is 5.65 Å². The second kappa shape index (κ2) is 6.79. The third-order valence-corrected chi connectivity index (χ3v) is 5.19. The van der Waals surface area contributed by atoms with E-state index in [0.717, 1.165) is 58.6 Å². The number of aromatic nitrogens is 5. The Bertz CT molecular complexity index is 1120. The van der Waals surface area contributed by atoms with E-state index in [-0.39, 0.29) is 6.10 Å². The predicted molar refractivity (Wildman–Crippen MR) is 107 cm³/mol. The molecule has 0 radical (unpaired) electrons. The lowest BCUT2D eigenvalue weighted by Crippen LogP contribution is -2.38. The fourth-order valence-electron chi connectivity index (χ4n) is 3.90. The van der Waals surface area contributed by atoms with Crippen molar-refractivity contribution in [1.82, 2.24) is 24.8 Å². The van der Waals surface area contributed by atoms with Gasteiger partial charge in [-0.1, -0.05) is 0 Å². The molecule has 8 nitrogen and oxygen atoms in total. The molecule has 144 valence electrons. The van der Waals surface area contributed by atoms with Gasteiger partial charge in [0.05, 0.1) is 36.0 Å². The van der Waals surface area contributed by atoms with Crippen molar-refractivity contribution < 1.29 is 9.84 Å². The van der Waals surface area contributed by atoms with E-state index in [0.29, 0.717) is 13.2 Å². The Morgan fingerprint density at radius 3 is 3.04 bits per heavy atom. The molecule has 5 rings (SSSR count). The summed E-state index contributed by atoms with van der Waals surface area (Å²) in [6, 6.07) is 6.10. The van der Waals surface area contributed by atoms with Gasteiger partial charge in [0.25, 0.3) is 0 Å². The van der Waals surface area contributed by atoms with Crippen molar-refractivity contribution in [3.8, 4) is 16.9 Å². The summed E-state index contributed by atoms with van der Waals surface area (Å²) in [6.07, 6.45) is 7.11. The molecule has 2 N–H and O–H groups in total. The first-order valence-corrected chi connectivity index (χ1v) is 9.60. The molecule has 0 bridgehead atoms. The maximum Gasteiger partial charge on any atom is 0.178 e. The van der Waals surface area contributed by atoms with E-state index in [9.17, 15) is 5.11 Å². The first-order valence-electron chi connectivity index (χ1n) is 9.60. The molecule has 0 amide bonds. The highest BCUT2D eigenvalue weighted by Gasteiger charge is 2.19. The zero-order valence-corrected chi connectivity index (χ0v) is 15.7. The Labute approximate surface area is 161 Å². The van der Waals surface area contributed by atoms with E-state index in [1.807, 2.05) is 36.0 Å². The molecule has 5 heterocycles. The minimum absolute atomic E-state index is 0.279. The second-order valence-electron chi connectivity index (χ2n) is 7.10. The van der Waals surface area contributed by atoms with E-state index < -0.39 is 0 Å². The van der Waals surface area contributed by atoms with Gasteiger partial charge in [-0.3, -0.25) is 5.10 Å². The number of anilines is 1.